The summed E-state index contributed by atoms with van der Waals surface area (Å²) in [5, 5.41) is 0.742. The van der Waals surface area contributed by atoms with Crippen molar-refractivity contribution in [2.24, 2.45) is 0 Å². The molecular formula is C21H20FN2O2+. The van der Waals surface area contributed by atoms with E-state index in [4.69, 9.17) is 4.74 Å². The highest BCUT2D eigenvalue weighted by Gasteiger charge is 2.26. The van der Waals surface area contributed by atoms with E-state index in [0.29, 0.717) is 16.9 Å². The molecule has 0 atom stereocenters. The number of nitrogens with one attached hydrogen (secondary N) is 1. The van der Waals surface area contributed by atoms with Crippen molar-refractivity contribution in [1.82, 2.24) is 0 Å². The summed E-state index contributed by atoms with van der Waals surface area (Å²) < 4.78 is 19.1. The molecule has 0 spiro atoms. The zero-order valence-electron chi connectivity index (χ0n) is 14.6. The Morgan fingerprint density at radius 3 is 2.54 bits per heavy atom. The van der Waals surface area contributed by atoms with Gasteiger partial charge in [-0.15, -0.1) is 0 Å². The first kappa shape index (κ1) is 16.5. The molecule has 3 aromatic rings. The molecule has 2 heterocycles. The van der Waals surface area contributed by atoms with Gasteiger partial charge in [-0.05, 0) is 49.2 Å². The number of benzene rings is 2. The summed E-state index contributed by atoms with van der Waals surface area (Å²) in [6.45, 7) is 1.75. The van der Waals surface area contributed by atoms with E-state index in [1.165, 1.54) is 12.1 Å². The lowest BCUT2D eigenvalue weighted by Crippen LogP contribution is -2.24. The van der Waals surface area contributed by atoms with E-state index < -0.39 is 0 Å². The smallest absolute Gasteiger partial charge is 0.213 e. The van der Waals surface area contributed by atoms with Crippen LogP contribution in [0.15, 0.2) is 48.7 Å². The lowest BCUT2D eigenvalue weighted by atomic mass is 10.00. The number of H-pyrrole nitrogens is 1. The molecule has 0 bridgehead atoms. The van der Waals surface area contributed by atoms with Gasteiger partial charge in [-0.2, -0.15) is 0 Å². The molecule has 0 aliphatic carbocycles. The first-order chi connectivity index (χ1) is 12.7. The van der Waals surface area contributed by atoms with Crippen molar-refractivity contribution >= 4 is 22.4 Å². The second-order valence-electron chi connectivity index (χ2n) is 6.49. The highest BCUT2D eigenvalue weighted by Crippen LogP contribution is 2.33. The van der Waals surface area contributed by atoms with Crippen LogP contribution in [0.2, 0.25) is 0 Å². The molecule has 1 aliphatic heterocycles. The molecule has 26 heavy (non-hydrogen) atoms. The molecule has 4 nitrogen and oxygen atoms in total. The highest BCUT2D eigenvalue weighted by molar-refractivity contribution is 6.15. The number of hydrogen-bond donors (Lipinski definition) is 0. The Kier molecular flexibility index (Phi) is 4.29. The fourth-order valence-corrected chi connectivity index (χ4v) is 3.55. The van der Waals surface area contributed by atoms with Crippen molar-refractivity contribution in [2.75, 3.05) is 25.1 Å². The van der Waals surface area contributed by atoms with Crippen molar-refractivity contribution < 1.29 is 18.9 Å². The Hall–Kier alpha value is -2.95. The van der Waals surface area contributed by atoms with Crippen LogP contribution in [0, 0.1) is 5.82 Å². The van der Waals surface area contributed by atoms with Gasteiger partial charge in [0.2, 0.25) is 11.3 Å². The van der Waals surface area contributed by atoms with Crippen LogP contribution in [-0.2, 0) is 0 Å². The third-order valence-corrected chi connectivity index (χ3v) is 4.88. The molecular weight excluding hydrogens is 331 g/mol. The molecule has 0 amide bonds. The van der Waals surface area contributed by atoms with E-state index >= 15 is 0 Å². The average molecular weight is 351 g/mol. The normalized spacial score (nSPS) is 14.0. The maximum absolute atomic E-state index is 13.9. The largest absolute Gasteiger partial charge is 0.497 e. The summed E-state index contributed by atoms with van der Waals surface area (Å²) in [5.41, 5.74) is 2.78. The van der Waals surface area contributed by atoms with Crippen LogP contribution in [-0.4, -0.2) is 26.0 Å². The van der Waals surface area contributed by atoms with Gasteiger partial charge in [0, 0.05) is 24.7 Å². The molecule has 4 rings (SSSR count). The van der Waals surface area contributed by atoms with Gasteiger partial charge in [0.05, 0.1) is 18.2 Å². The Labute approximate surface area is 151 Å². The Morgan fingerprint density at radius 1 is 1.12 bits per heavy atom. The zero-order chi connectivity index (χ0) is 18.1. The zero-order valence-corrected chi connectivity index (χ0v) is 14.6. The van der Waals surface area contributed by atoms with Gasteiger partial charge in [-0.1, -0.05) is 0 Å². The van der Waals surface area contributed by atoms with Crippen LogP contribution in [0.3, 0.4) is 0 Å². The minimum absolute atomic E-state index is 0.0861. The number of fused-ring (bicyclic) bond motifs is 1. The molecule has 0 saturated carbocycles. The number of carbonyl (C=O) groups excluding carboxylic acids is 1. The Bertz CT molecular complexity index is 964. The number of hydrogen-bond acceptors (Lipinski definition) is 3. The van der Waals surface area contributed by atoms with E-state index in [9.17, 15) is 9.18 Å². The Morgan fingerprint density at radius 2 is 1.85 bits per heavy atom. The van der Waals surface area contributed by atoms with Crippen molar-refractivity contribution in [3.8, 4) is 5.75 Å². The first-order valence-corrected chi connectivity index (χ1v) is 8.75. The van der Waals surface area contributed by atoms with Gasteiger partial charge < -0.3 is 9.64 Å². The van der Waals surface area contributed by atoms with E-state index in [-0.39, 0.29) is 11.6 Å². The lowest BCUT2D eigenvalue weighted by molar-refractivity contribution is -0.344. The summed E-state index contributed by atoms with van der Waals surface area (Å²) in [5.74, 6) is 0.311. The number of ether oxygens (including phenoxy) is 1. The molecule has 132 valence electrons. The van der Waals surface area contributed by atoms with Crippen molar-refractivity contribution in [3.05, 3.63) is 65.6 Å². The summed E-state index contributed by atoms with van der Waals surface area (Å²) in [7, 11) is 1.59. The number of rotatable bonds is 4. The summed E-state index contributed by atoms with van der Waals surface area (Å²) in [6, 6.07) is 11.7. The van der Waals surface area contributed by atoms with E-state index in [0.717, 1.165) is 42.5 Å². The summed E-state index contributed by atoms with van der Waals surface area (Å²) in [4.78, 5) is 18.5. The number of ketones is 1. The topological polar surface area (TPSA) is 43.7 Å². The van der Waals surface area contributed by atoms with Crippen LogP contribution in [0.4, 0.5) is 10.1 Å². The number of methoxy groups -OCH3 is 1. The minimum atomic E-state index is -0.305. The molecule has 5 heteroatoms. The van der Waals surface area contributed by atoms with E-state index in [1.807, 2.05) is 0 Å². The van der Waals surface area contributed by atoms with Crippen molar-refractivity contribution in [1.29, 1.82) is 0 Å². The average Bonchev–Trinajstić information content (AvgIpc) is 3.21. The minimum Gasteiger partial charge on any atom is -0.497 e. The van der Waals surface area contributed by atoms with Gasteiger partial charge in [0.1, 0.15) is 17.1 Å². The first-order valence-electron chi connectivity index (χ1n) is 8.75. The summed E-state index contributed by atoms with van der Waals surface area (Å²) >= 11 is 0. The van der Waals surface area contributed by atoms with E-state index in [2.05, 4.69) is 9.88 Å². The number of carbonyl (C=O) groups is 1. The lowest BCUT2D eigenvalue weighted by Gasteiger charge is -2.21. The maximum Gasteiger partial charge on any atom is 0.213 e. The number of nitrogens with zero attached hydrogens (tertiary/aromatic N) is 1. The van der Waals surface area contributed by atoms with Crippen molar-refractivity contribution in [3.63, 3.8) is 0 Å². The number of anilines is 1. The number of halogens is 1. The SMILES string of the molecule is COc1ccc(C(=O)c2c[nH+]c3ccc(F)cc3c2N2CCCC2)cc1. The quantitative estimate of drug-likeness (QED) is 0.674. The predicted molar refractivity (Wildman–Crippen MR) is 98.3 cm³/mol. The van der Waals surface area contributed by atoms with Crippen LogP contribution in [0.25, 0.3) is 10.9 Å². The van der Waals surface area contributed by atoms with E-state index in [1.54, 1.807) is 43.6 Å². The molecule has 0 unspecified atom stereocenters. The van der Waals surface area contributed by atoms with Crippen LogP contribution < -0.4 is 14.6 Å². The monoisotopic (exact) mass is 351 g/mol. The van der Waals surface area contributed by atoms with Gasteiger partial charge in [0.25, 0.3) is 0 Å². The second-order valence-corrected chi connectivity index (χ2v) is 6.49. The third kappa shape index (κ3) is 2.90. The fraction of sp³-hybridized carbons (Fsp3) is 0.238. The van der Waals surface area contributed by atoms with Gasteiger partial charge in [-0.3, -0.25) is 4.79 Å². The Balaban J connectivity index is 1.87. The summed E-state index contributed by atoms with van der Waals surface area (Å²) in [6.07, 6.45) is 3.89. The van der Waals surface area contributed by atoms with Gasteiger partial charge in [-0.25, -0.2) is 9.37 Å². The van der Waals surface area contributed by atoms with Gasteiger partial charge in [0.15, 0.2) is 6.20 Å². The highest BCUT2D eigenvalue weighted by atomic mass is 19.1. The molecule has 1 aromatic heterocycles. The molecule has 1 N–H and O–H groups in total. The molecule has 2 aromatic carbocycles. The number of aromatic nitrogens is 1. The maximum atomic E-state index is 13.9. The number of pyridine rings is 1. The third-order valence-electron chi connectivity index (χ3n) is 4.88. The molecule has 1 saturated heterocycles. The second kappa shape index (κ2) is 6.75. The molecule has 1 aliphatic rings. The fourth-order valence-electron chi connectivity index (χ4n) is 3.55. The molecule has 0 radical (unpaired) electrons. The van der Waals surface area contributed by atoms with Crippen LogP contribution in [0.5, 0.6) is 5.75 Å². The predicted octanol–water partition coefficient (Wildman–Crippen LogP) is 3.63. The van der Waals surface area contributed by atoms with Crippen molar-refractivity contribution in [2.45, 2.75) is 12.8 Å². The van der Waals surface area contributed by atoms with Gasteiger partial charge >= 0.3 is 0 Å². The number of aromatic amines is 1. The van der Waals surface area contributed by atoms with Crippen LogP contribution >= 0.6 is 0 Å². The van der Waals surface area contributed by atoms with Crippen LogP contribution in [0.1, 0.15) is 28.8 Å². The molecule has 1 fully saturated rings. The standard InChI is InChI=1S/C21H19FN2O2/c1-26-16-7-4-14(5-8-16)21(25)18-13-23-19-9-6-15(22)12-17(19)20(18)24-10-2-3-11-24/h4-9,12-13H,2-3,10-11H2,1H3/p+1.